The van der Waals surface area contributed by atoms with Gasteiger partial charge in [0, 0.05) is 6.54 Å². The van der Waals surface area contributed by atoms with Crippen molar-refractivity contribution in [1.82, 2.24) is 5.32 Å². The molecule has 1 saturated heterocycles. The zero-order chi connectivity index (χ0) is 13.6. The van der Waals surface area contributed by atoms with Crippen molar-refractivity contribution in [3.63, 3.8) is 0 Å². The van der Waals surface area contributed by atoms with E-state index in [1.54, 1.807) is 6.07 Å². The molecule has 0 saturated carbocycles. The number of carbonyl (C=O) groups excluding carboxylic acids is 1. The van der Waals surface area contributed by atoms with Crippen LogP contribution in [0.5, 0.6) is 0 Å². The van der Waals surface area contributed by atoms with Gasteiger partial charge in [0.15, 0.2) is 11.4 Å². The first-order valence-corrected chi connectivity index (χ1v) is 6.37. The number of nitrogens with one attached hydrogen (secondary N) is 2. The van der Waals surface area contributed by atoms with Crippen LogP contribution in [0.15, 0.2) is 12.1 Å². The molecule has 5 nitrogen and oxygen atoms in total. The molecule has 1 fully saturated rings. The molecule has 1 spiro atoms. The van der Waals surface area contributed by atoms with Gasteiger partial charge in [0.25, 0.3) is 0 Å². The molecule has 0 radical (unpaired) electrons. The summed E-state index contributed by atoms with van der Waals surface area (Å²) in [5.41, 5.74) is 5.41. The average Bonchev–Trinajstić information content (AvgIpc) is 2.37. The number of nitrogens with two attached hydrogens (primary N) is 1. The van der Waals surface area contributed by atoms with E-state index in [0.717, 1.165) is 0 Å². The number of piperidine rings is 1. The molecule has 1 aromatic rings. The van der Waals surface area contributed by atoms with Crippen LogP contribution in [0.1, 0.15) is 18.4 Å². The van der Waals surface area contributed by atoms with Gasteiger partial charge < -0.3 is 10.5 Å². The molecule has 0 aliphatic carbocycles. The van der Waals surface area contributed by atoms with Crippen molar-refractivity contribution in [3.8, 4) is 0 Å². The molecule has 4 N–H and O–H groups in total. The number of anilines is 1. The minimum atomic E-state index is -1.04. The van der Waals surface area contributed by atoms with E-state index in [0.29, 0.717) is 24.1 Å². The molecule has 1 unspecified atom stereocenters. The minimum Gasteiger partial charge on any atom is -0.436 e. The molecule has 19 heavy (non-hydrogen) atoms. The van der Waals surface area contributed by atoms with Crippen molar-refractivity contribution in [2.75, 3.05) is 11.9 Å². The van der Waals surface area contributed by atoms with Crippen LogP contribution in [0.4, 0.5) is 14.9 Å². The Kier molecular flexibility index (Phi) is 2.88. The minimum absolute atomic E-state index is 0.00717. The summed E-state index contributed by atoms with van der Waals surface area (Å²) in [7, 11) is 0. The fourth-order valence-electron chi connectivity index (χ4n) is 2.64. The highest BCUT2D eigenvalue weighted by Crippen LogP contribution is 2.43. The average molecular weight is 286 g/mol. The van der Waals surface area contributed by atoms with Gasteiger partial charge >= 0.3 is 6.09 Å². The third-order valence-electron chi connectivity index (χ3n) is 3.58. The first kappa shape index (κ1) is 12.7. The zero-order valence-electron chi connectivity index (χ0n) is 10.0. The smallest absolute Gasteiger partial charge is 0.412 e. The number of ether oxygens (including phenoxy) is 1. The summed E-state index contributed by atoms with van der Waals surface area (Å²) in [5, 5.41) is 5.51. The fourth-order valence-corrected chi connectivity index (χ4v) is 2.80. The van der Waals surface area contributed by atoms with E-state index in [9.17, 15) is 9.18 Å². The Morgan fingerprint density at radius 2 is 2.32 bits per heavy atom. The Labute approximate surface area is 114 Å². The van der Waals surface area contributed by atoms with E-state index in [2.05, 4.69) is 10.6 Å². The molecule has 2 aliphatic rings. The molecule has 1 amide bonds. The maximum Gasteiger partial charge on any atom is 0.412 e. The maximum absolute atomic E-state index is 14.3. The van der Waals surface area contributed by atoms with Gasteiger partial charge in [-0.15, -0.1) is 0 Å². The van der Waals surface area contributed by atoms with Gasteiger partial charge in [0.05, 0.1) is 22.4 Å². The third-order valence-corrected chi connectivity index (χ3v) is 3.88. The summed E-state index contributed by atoms with van der Waals surface area (Å²) in [6.45, 7) is 0.270. The summed E-state index contributed by atoms with van der Waals surface area (Å²) >= 11 is 5.82. The van der Waals surface area contributed by atoms with Gasteiger partial charge in [-0.2, -0.15) is 0 Å². The molecule has 2 atom stereocenters. The quantitative estimate of drug-likeness (QED) is 0.680. The van der Waals surface area contributed by atoms with Gasteiger partial charge in [-0.05, 0) is 25.0 Å². The SMILES string of the molecule is N[C@H]1CCC2(CN1)OC(=O)Nc1ccc(Cl)c(F)c12. The van der Waals surface area contributed by atoms with Gasteiger partial charge in [-0.25, -0.2) is 9.18 Å². The van der Waals surface area contributed by atoms with Gasteiger partial charge in [0.1, 0.15) is 0 Å². The lowest BCUT2D eigenvalue weighted by atomic mass is 9.83. The summed E-state index contributed by atoms with van der Waals surface area (Å²) in [4.78, 5) is 11.6. The van der Waals surface area contributed by atoms with Crippen LogP contribution in [-0.4, -0.2) is 18.8 Å². The molecular weight excluding hydrogens is 273 g/mol. The Hall–Kier alpha value is -1.37. The van der Waals surface area contributed by atoms with Crippen molar-refractivity contribution < 1.29 is 13.9 Å². The summed E-state index contributed by atoms with van der Waals surface area (Å²) in [6.07, 6.45) is 0.272. The summed E-state index contributed by atoms with van der Waals surface area (Å²) in [5.74, 6) is -0.559. The number of halogens is 2. The number of hydrogen-bond donors (Lipinski definition) is 3. The monoisotopic (exact) mass is 285 g/mol. The van der Waals surface area contributed by atoms with Crippen LogP contribution in [-0.2, 0) is 10.3 Å². The van der Waals surface area contributed by atoms with Crippen LogP contribution in [0.2, 0.25) is 5.02 Å². The zero-order valence-corrected chi connectivity index (χ0v) is 10.8. The largest absolute Gasteiger partial charge is 0.436 e. The van der Waals surface area contributed by atoms with E-state index in [1.165, 1.54) is 6.07 Å². The number of carbonyl (C=O) groups is 1. The van der Waals surface area contributed by atoms with Crippen LogP contribution in [0, 0.1) is 5.82 Å². The Balaban J connectivity index is 2.13. The van der Waals surface area contributed by atoms with E-state index in [4.69, 9.17) is 22.1 Å². The van der Waals surface area contributed by atoms with Crippen LogP contribution in [0.25, 0.3) is 0 Å². The fraction of sp³-hybridized carbons (Fsp3) is 0.417. The maximum atomic E-state index is 14.3. The van der Waals surface area contributed by atoms with E-state index in [1.807, 2.05) is 0 Å². The molecular formula is C12H13ClFN3O2. The van der Waals surface area contributed by atoms with Crippen molar-refractivity contribution >= 4 is 23.4 Å². The lowest BCUT2D eigenvalue weighted by Gasteiger charge is -2.43. The van der Waals surface area contributed by atoms with Crippen LogP contribution < -0.4 is 16.4 Å². The highest BCUT2D eigenvalue weighted by atomic mass is 35.5. The number of hydrogen-bond acceptors (Lipinski definition) is 4. The third kappa shape index (κ3) is 1.96. The molecule has 7 heteroatoms. The molecule has 0 aromatic heterocycles. The normalized spacial score (nSPS) is 29.6. The Morgan fingerprint density at radius 1 is 1.53 bits per heavy atom. The van der Waals surface area contributed by atoms with Crippen molar-refractivity contribution in [1.29, 1.82) is 0 Å². The summed E-state index contributed by atoms with van der Waals surface area (Å²) < 4.78 is 19.7. The second kappa shape index (κ2) is 4.33. The van der Waals surface area contributed by atoms with E-state index < -0.39 is 17.5 Å². The number of fused-ring (bicyclic) bond motifs is 2. The van der Waals surface area contributed by atoms with Crippen LogP contribution in [0.3, 0.4) is 0 Å². The Morgan fingerprint density at radius 3 is 3.00 bits per heavy atom. The first-order chi connectivity index (χ1) is 9.02. The highest BCUT2D eigenvalue weighted by Gasteiger charge is 2.46. The number of amides is 1. The lowest BCUT2D eigenvalue weighted by Crippen LogP contribution is -2.56. The highest BCUT2D eigenvalue weighted by molar-refractivity contribution is 6.31. The van der Waals surface area contributed by atoms with Crippen molar-refractivity contribution in [2.24, 2.45) is 5.73 Å². The van der Waals surface area contributed by atoms with Crippen molar-refractivity contribution in [3.05, 3.63) is 28.5 Å². The lowest BCUT2D eigenvalue weighted by molar-refractivity contribution is -0.0173. The predicted octanol–water partition coefficient (Wildman–Crippen LogP) is 1.90. The number of benzene rings is 1. The molecule has 0 bridgehead atoms. The second-order valence-electron chi connectivity index (χ2n) is 4.82. The van der Waals surface area contributed by atoms with Gasteiger partial charge in [0.2, 0.25) is 0 Å². The first-order valence-electron chi connectivity index (χ1n) is 5.99. The van der Waals surface area contributed by atoms with E-state index >= 15 is 0 Å². The standard InChI is InChI=1S/C12H13ClFN3O2/c13-6-1-2-7-9(10(6)14)12(19-11(18)17-7)4-3-8(15)16-5-12/h1-2,8,16H,3-5,15H2,(H,17,18)/t8-,12?/m1/s1. The number of rotatable bonds is 0. The summed E-state index contributed by atoms with van der Waals surface area (Å²) in [6, 6.07) is 2.99. The van der Waals surface area contributed by atoms with E-state index in [-0.39, 0.29) is 17.7 Å². The van der Waals surface area contributed by atoms with Crippen LogP contribution >= 0.6 is 11.6 Å². The van der Waals surface area contributed by atoms with Crippen molar-refractivity contribution in [2.45, 2.75) is 24.6 Å². The molecule has 2 aliphatic heterocycles. The molecule has 1 aromatic carbocycles. The predicted molar refractivity (Wildman–Crippen MR) is 68.4 cm³/mol. The topological polar surface area (TPSA) is 76.4 Å². The Bertz CT molecular complexity index is 544. The molecule has 102 valence electrons. The van der Waals surface area contributed by atoms with Gasteiger partial charge in [-0.3, -0.25) is 10.6 Å². The second-order valence-corrected chi connectivity index (χ2v) is 5.23. The molecule has 3 rings (SSSR count). The molecule has 2 heterocycles. The van der Waals surface area contributed by atoms with Gasteiger partial charge in [-0.1, -0.05) is 11.6 Å².